The van der Waals surface area contributed by atoms with Gasteiger partial charge in [-0.15, -0.1) is 0 Å². The van der Waals surface area contributed by atoms with E-state index < -0.39 is 40.8 Å². The maximum Gasteiger partial charge on any atom is 0.278 e. The molecule has 1 aliphatic carbocycles. The van der Waals surface area contributed by atoms with Crippen LogP contribution in [0.3, 0.4) is 0 Å². The molecule has 11 heteroatoms. The van der Waals surface area contributed by atoms with E-state index in [4.69, 9.17) is 19.1 Å². The van der Waals surface area contributed by atoms with Crippen LogP contribution in [-0.2, 0) is 24.8 Å². The van der Waals surface area contributed by atoms with Crippen LogP contribution in [0.2, 0.25) is 5.02 Å². The summed E-state index contributed by atoms with van der Waals surface area (Å²) in [6.07, 6.45) is 2.85. The Hall–Kier alpha value is -3.89. The van der Waals surface area contributed by atoms with Gasteiger partial charge in [-0.05, 0) is 81.7 Å². The molecule has 4 aromatic rings. The lowest BCUT2D eigenvalue weighted by atomic mass is 10.00. The number of hydrogen-bond donors (Lipinski definition) is 1. The van der Waals surface area contributed by atoms with Crippen LogP contribution in [0, 0.1) is 11.6 Å². The van der Waals surface area contributed by atoms with Gasteiger partial charge in [0.1, 0.15) is 22.7 Å². The molecule has 1 atom stereocenters. The zero-order valence-electron chi connectivity index (χ0n) is 24.2. The van der Waals surface area contributed by atoms with E-state index in [0.29, 0.717) is 36.9 Å². The molecule has 0 saturated carbocycles. The Morgan fingerprint density at radius 1 is 1.12 bits per heavy atom. The molecule has 0 bridgehead atoms. The molecule has 0 aromatic carbocycles. The van der Waals surface area contributed by atoms with E-state index in [0.717, 1.165) is 16.8 Å². The highest BCUT2D eigenvalue weighted by Gasteiger charge is 2.30. The first kappa shape index (κ1) is 24.9. The maximum atomic E-state index is 16.5. The Labute approximate surface area is 241 Å². The molecule has 6 rings (SSSR count). The first-order chi connectivity index (χ1) is 20.3. The van der Waals surface area contributed by atoms with Crippen LogP contribution in [0.1, 0.15) is 70.0 Å². The normalized spacial score (nSPS) is 18.3. The molecule has 1 N–H and O–H groups in total. The molecule has 8 nitrogen and oxygen atoms in total. The summed E-state index contributed by atoms with van der Waals surface area (Å²) in [5, 5.41) is 10.1. The predicted molar refractivity (Wildman–Crippen MR) is 148 cm³/mol. The Balaban J connectivity index is 1.49. The van der Waals surface area contributed by atoms with Gasteiger partial charge >= 0.3 is 0 Å². The molecular formula is C30H27ClF2N4O4. The van der Waals surface area contributed by atoms with Crippen molar-refractivity contribution < 1.29 is 21.4 Å². The molecule has 0 saturated heterocycles. The zero-order chi connectivity index (χ0) is 30.8. The van der Waals surface area contributed by atoms with Crippen molar-refractivity contribution in [3.8, 4) is 17.3 Å². The van der Waals surface area contributed by atoms with Crippen LogP contribution in [0.5, 0.6) is 5.75 Å². The Morgan fingerprint density at radius 2 is 1.90 bits per heavy atom. The molecule has 0 radical (unpaired) electrons. The van der Waals surface area contributed by atoms with Crippen molar-refractivity contribution in [3.05, 3.63) is 108 Å². The van der Waals surface area contributed by atoms with Crippen molar-refractivity contribution in [1.29, 1.82) is 0 Å². The third-order valence-electron chi connectivity index (χ3n) is 7.37. The SMILES string of the molecule is [2H]C1([2H])CC(Oc2cc3n(c(=O)c2Cl)-c2c(cnc(-n4cccc(C(C)(C)O)c4=O)c2F)CCCC3)c2ncc(F)cc21. The third-order valence-corrected chi connectivity index (χ3v) is 7.72. The molecule has 1 aliphatic heterocycles. The maximum absolute atomic E-state index is 16.5. The summed E-state index contributed by atoms with van der Waals surface area (Å²) in [7, 11) is 0. The Bertz CT molecular complexity index is 1910. The number of nitrogens with zero attached hydrogens (tertiary/aromatic N) is 4. The van der Waals surface area contributed by atoms with E-state index in [-0.39, 0.29) is 45.5 Å². The smallest absolute Gasteiger partial charge is 0.278 e. The summed E-state index contributed by atoms with van der Waals surface area (Å²) in [5.41, 5.74) is -1.84. The van der Waals surface area contributed by atoms with Crippen LogP contribution in [0.15, 0.2) is 52.4 Å². The Morgan fingerprint density at radius 3 is 2.68 bits per heavy atom. The number of rotatable bonds is 4. The van der Waals surface area contributed by atoms with E-state index in [1.807, 2.05) is 0 Å². The minimum atomic E-state index is -1.91. The molecule has 0 amide bonds. The van der Waals surface area contributed by atoms with Crippen molar-refractivity contribution in [2.45, 2.75) is 64.0 Å². The predicted octanol–water partition coefficient (Wildman–Crippen LogP) is 4.88. The fraction of sp³-hybridized carbons (Fsp3) is 0.333. The lowest BCUT2D eigenvalue weighted by Crippen LogP contribution is -2.32. The van der Waals surface area contributed by atoms with E-state index in [1.54, 1.807) is 0 Å². The molecule has 5 heterocycles. The van der Waals surface area contributed by atoms with Gasteiger partial charge in [0.15, 0.2) is 11.6 Å². The fourth-order valence-corrected chi connectivity index (χ4v) is 5.55. The van der Waals surface area contributed by atoms with Gasteiger partial charge in [0.25, 0.3) is 11.1 Å². The monoisotopic (exact) mass is 582 g/mol. The lowest BCUT2D eigenvalue weighted by Gasteiger charge is -2.24. The molecule has 0 spiro atoms. The van der Waals surface area contributed by atoms with Gasteiger partial charge in [-0.25, -0.2) is 13.8 Å². The second-order valence-corrected chi connectivity index (χ2v) is 11.0. The van der Waals surface area contributed by atoms with Crippen molar-refractivity contribution in [2.75, 3.05) is 0 Å². The number of aryl methyl sites for hydroxylation is 3. The van der Waals surface area contributed by atoms with Crippen LogP contribution in [0.25, 0.3) is 11.5 Å². The summed E-state index contributed by atoms with van der Waals surface area (Å²) in [6, 6.07) is 5.55. The van der Waals surface area contributed by atoms with Gasteiger partial charge < -0.3 is 9.84 Å². The van der Waals surface area contributed by atoms with Gasteiger partial charge in [0.05, 0.1) is 23.2 Å². The fourth-order valence-electron chi connectivity index (χ4n) is 5.37. The summed E-state index contributed by atoms with van der Waals surface area (Å²) in [6.45, 7) is 2.89. The Kier molecular flexibility index (Phi) is 6.18. The van der Waals surface area contributed by atoms with E-state index >= 15 is 4.39 Å². The largest absolute Gasteiger partial charge is 0.482 e. The van der Waals surface area contributed by atoms with Gasteiger partial charge in [-0.1, -0.05) is 11.6 Å². The highest BCUT2D eigenvalue weighted by Crippen LogP contribution is 2.37. The summed E-state index contributed by atoms with van der Waals surface area (Å²) >= 11 is 6.54. The molecule has 0 fully saturated rings. The van der Waals surface area contributed by atoms with Gasteiger partial charge in [-0.2, -0.15) is 0 Å². The zero-order valence-corrected chi connectivity index (χ0v) is 23.0. The highest BCUT2D eigenvalue weighted by atomic mass is 35.5. The number of pyridine rings is 4. The van der Waals surface area contributed by atoms with Gasteiger partial charge in [0.2, 0.25) is 0 Å². The van der Waals surface area contributed by atoms with E-state index in [9.17, 15) is 19.1 Å². The number of fused-ring (bicyclic) bond motifs is 4. The van der Waals surface area contributed by atoms with E-state index in [2.05, 4.69) is 9.97 Å². The highest BCUT2D eigenvalue weighted by molar-refractivity contribution is 6.31. The van der Waals surface area contributed by atoms with Crippen molar-refractivity contribution >= 4 is 11.6 Å². The second-order valence-electron chi connectivity index (χ2n) is 10.7. The van der Waals surface area contributed by atoms with Gasteiger partial charge in [-0.3, -0.25) is 23.7 Å². The minimum absolute atomic E-state index is 0.0244. The standard InChI is InChI=1S/C30H27ClF2N4O4/c1-30(2,40)20-8-5-11-36(28(20)38)27-24(33)26-17(14-35-27)6-3-4-7-19-13-22(23(31)29(39)37(19)26)41-21-10-9-16-12-18(32)15-34-25(16)21/h5,8,11-15,21,40H,3-4,6-7,9-10H2,1-2H3/i9D2. The van der Waals surface area contributed by atoms with Gasteiger partial charge in [0, 0.05) is 32.5 Å². The second kappa shape index (κ2) is 10.2. The molecule has 212 valence electrons. The van der Waals surface area contributed by atoms with Crippen molar-refractivity contribution in [1.82, 2.24) is 19.1 Å². The topological polar surface area (TPSA) is 99.2 Å². The van der Waals surface area contributed by atoms with Crippen LogP contribution in [-0.4, -0.2) is 24.2 Å². The summed E-state index contributed by atoms with van der Waals surface area (Å²) < 4.78 is 55.1. The average molecular weight is 583 g/mol. The molecule has 1 unspecified atom stereocenters. The number of halogens is 3. The van der Waals surface area contributed by atoms with Crippen LogP contribution < -0.4 is 15.9 Å². The number of aromatic nitrogens is 4. The average Bonchev–Trinajstić information content (AvgIpc) is 3.17. The van der Waals surface area contributed by atoms with E-state index in [1.165, 1.54) is 49.0 Å². The number of ether oxygens (including phenoxy) is 1. The molecule has 4 aromatic heterocycles. The van der Waals surface area contributed by atoms with Crippen molar-refractivity contribution in [2.24, 2.45) is 0 Å². The van der Waals surface area contributed by atoms with Crippen LogP contribution in [0.4, 0.5) is 8.78 Å². The molecule has 41 heavy (non-hydrogen) atoms. The number of hydrogen-bond acceptors (Lipinski definition) is 6. The first-order valence-corrected chi connectivity index (χ1v) is 13.6. The molecule has 2 aliphatic rings. The summed E-state index contributed by atoms with van der Waals surface area (Å²) in [5.74, 6) is -1.95. The third kappa shape index (κ3) is 4.74. The lowest BCUT2D eigenvalue weighted by molar-refractivity contribution is 0.0767. The summed E-state index contributed by atoms with van der Waals surface area (Å²) in [4.78, 5) is 35.3. The quantitative estimate of drug-likeness (QED) is 0.368. The van der Waals surface area contributed by atoms with Crippen LogP contribution >= 0.6 is 11.6 Å². The first-order valence-electron chi connectivity index (χ1n) is 14.2. The van der Waals surface area contributed by atoms with Crippen molar-refractivity contribution in [3.63, 3.8) is 0 Å². The number of aliphatic hydroxyl groups is 1. The molecular weight excluding hydrogens is 554 g/mol. The minimum Gasteiger partial charge on any atom is -0.482 e.